The Morgan fingerprint density at radius 3 is 1.26 bits per heavy atom. The number of benzene rings is 12. The van der Waals surface area contributed by atoms with Crippen molar-refractivity contribution in [1.82, 2.24) is 0 Å². The Bertz CT molecular complexity index is 6050. The second-order valence-electron chi connectivity index (χ2n) is 34.7. The van der Waals surface area contributed by atoms with Crippen LogP contribution in [0.15, 0.2) is 291 Å². The van der Waals surface area contributed by atoms with E-state index >= 15 is 0 Å². The maximum Gasteiger partial charge on any atom is 0.264 e. The summed E-state index contributed by atoms with van der Waals surface area (Å²) in [6.45, 7) is 35.8. The van der Waals surface area contributed by atoms with Crippen LogP contribution in [0.2, 0.25) is 0 Å². The molecular formula is C102H96B2N6S2. The molecule has 0 saturated carbocycles. The first-order valence-corrected chi connectivity index (χ1v) is 41.5. The first-order chi connectivity index (χ1) is 53.9. The first kappa shape index (κ1) is 72.3. The molecule has 0 spiro atoms. The molecule has 2 aromatic heterocycles. The zero-order valence-corrected chi connectivity index (χ0v) is 69.0. The Balaban J connectivity index is 0.987. The minimum absolute atomic E-state index is 0.0449. The van der Waals surface area contributed by atoms with Crippen LogP contribution in [-0.4, -0.2) is 13.4 Å². The number of hydrogen-bond acceptors (Lipinski definition) is 8. The van der Waals surface area contributed by atoms with Crippen molar-refractivity contribution in [2.24, 2.45) is 5.92 Å². The normalized spacial score (nSPS) is 13.8. The van der Waals surface area contributed by atoms with Gasteiger partial charge >= 0.3 is 0 Å². The standard InChI is InChI=1S/C102H96B2N6S2/c1-17-23-72(25-22-24-64(2)3)105(73-52-38-69(39-53-73)100(8,9)10)81-58-88-95-91(61-81)110(79-50-36-68(7)37-51-79)99-94(82-26-18-20-28-92(82)112-99)103(95)84-62-85-87(63-86(84)107(88)76-44-30-65(4)31-45-76)108(77-46-32-66(5)33-47-77)89-59-80(106(74-54-40-70(41-55-74)101(11,12)13)75-56-42-71(43-57-75)102(14,15)16)60-90-96(89)104(85)98-97(83-27-19-21-29-93(83)111-98)109(90)78-48-34-67(6)35-49-78/h17-64H,1-16H3/b23-17-,24-22+,72-25+. The first-order valence-electron chi connectivity index (χ1n) is 39.8. The Morgan fingerprint density at radius 2 is 0.786 bits per heavy atom. The average molecular weight is 1490 g/mol. The fourth-order valence-electron chi connectivity index (χ4n) is 17.4. The summed E-state index contributed by atoms with van der Waals surface area (Å²) in [7, 11) is 0. The number of anilines is 17. The molecule has 0 N–H and O–H groups in total. The van der Waals surface area contributed by atoms with E-state index < -0.39 is 0 Å². The molecule has 0 atom stereocenters. The molecule has 0 saturated heterocycles. The quantitative estimate of drug-likeness (QED) is 0.0840. The molecule has 6 heterocycles. The van der Waals surface area contributed by atoms with Gasteiger partial charge in [-0.1, -0.05) is 244 Å². The van der Waals surface area contributed by atoms with Crippen LogP contribution in [0, 0.1) is 33.6 Å². The Kier molecular flexibility index (Phi) is 17.8. The monoisotopic (exact) mass is 1490 g/mol. The molecule has 0 fully saturated rings. The molecule has 0 aliphatic carbocycles. The van der Waals surface area contributed by atoms with Crippen molar-refractivity contribution in [3.8, 4) is 0 Å². The molecule has 0 amide bonds. The van der Waals surface area contributed by atoms with E-state index in [-0.39, 0.29) is 29.7 Å². The third kappa shape index (κ3) is 12.4. The van der Waals surface area contributed by atoms with Crippen molar-refractivity contribution in [3.63, 3.8) is 0 Å². The number of hydrogen-bond donors (Lipinski definition) is 0. The lowest BCUT2D eigenvalue weighted by Crippen LogP contribution is -2.64. The number of fused-ring (bicyclic) bond motifs is 12. The predicted octanol–water partition coefficient (Wildman–Crippen LogP) is 25.7. The van der Waals surface area contributed by atoms with Crippen molar-refractivity contribution in [3.05, 3.63) is 330 Å². The van der Waals surface area contributed by atoms with E-state index in [2.05, 4.69) is 425 Å². The van der Waals surface area contributed by atoms with Crippen molar-refractivity contribution in [2.75, 3.05) is 29.4 Å². The highest BCUT2D eigenvalue weighted by Gasteiger charge is 2.51. The summed E-state index contributed by atoms with van der Waals surface area (Å²) in [5, 5.41) is 3.75. The fourth-order valence-corrected chi connectivity index (χ4v) is 20.0. The van der Waals surface area contributed by atoms with Gasteiger partial charge in [0.25, 0.3) is 13.4 Å². The summed E-state index contributed by atoms with van der Waals surface area (Å²) in [4.78, 5) is 15.6. The van der Waals surface area contributed by atoms with Gasteiger partial charge in [0.1, 0.15) is 0 Å². The van der Waals surface area contributed by atoms with Gasteiger partial charge in [0.05, 0.1) is 22.1 Å². The molecule has 0 bridgehead atoms. The molecule has 18 rings (SSSR count). The van der Waals surface area contributed by atoms with Gasteiger partial charge in [0.2, 0.25) is 0 Å². The Morgan fingerprint density at radius 1 is 0.384 bits per heavy atom. The number of aryl methyl sites for hydroxylation is 4. The van der Waals surface area contributed by atoms with Crippen molar-refractivity contribution < 1.29 is 0 Å². The summed E-state index contributed by atoms with van der Waals surface area (Å²) in [5.41, 5.74) is 34.0. The van der Waals surface area contributed by atoms with Crippen LogP contribution in [0.3, 0.4) is 0 Å². The zero-order chi connectivity index (χ0) is 77.6. The van der Waals surface area contributed by atoms with Crippen LogP contribution < -0.4 is 61.5 Å². The van der Waals surface area contributed by atoms with Crippen LogP contribution in [0.25, 0.3) is 20.2 Å². The van der Waals surface area contributed by atoms with Gasteiger partial charge in [-0.15, -0.1) is 22.7 Å². The topological polar surface area (TPSA) is 19.4 Å². The largest absolute Gasteiger partial charge is 0.311 e. The molecule has 112 heavy (non-hydrogen) atoms. The molecule has 4 aliphatic rings. The van der Waals surface area contributed by atoms with Gasteiger partial charge in [-0.3, -0.25) is 0 Å². The van der Waals surface area contributed by atoms with Gasteiger partial charge < -0.3 is 29.4 Å². The Labute approximate surface area is 671 Å². The van der Waals surface area contributed by atoms with Gasteiger partial charge in [-0.05, 0) is 246 Å². The minimum Gasteiger partial charge on any atom is -0.311 e. The summed E-state index contributed by atoms with van der Waals surface area (Å²) in [6, 6.07) is 99.2. The maximum atomic E-state index is 2.72. The highest BCUT2D eigenvalue weighted by molar-refractivity contribution is 7.34. The molecule has 6 nitrogen and oxygen atoms in total. The smallest absolute Gasteiger partial charge is 0.264 e. The lowest BCUT2D eigenvalue weighted by atomic mass is 9.31. The summed E-state index contributed by atoms with van der Waals surface area (Å²) in [5.74, 6) is 0.362. The maximum absolute atomic E-state index is 2.72. The van der Waals surface area contributed by atoms with Crippen molar-refractivity contribution in [1.29, 1.82) is 0 Å². The van der Waals surface area contributed by atoms with Crippen molar-refractivity contribution in [2.45, 2.75) is 127 Å². The zero-order valence-electron chi connectivity index (χ0n) is 67.4. The van der Waals surface area contributed by atoms with E-state index in [1.54, 1.807) is 0 Å². The minimum atomic E-state index is -0.221. The average Bonchev–Trinajstić information content (AvgIpc) is 1.20. The summed E-state index contributed by atoms with van der Waals surface area (Å²) in [6.07, 6.45) is 11.3. The molecule has 552 valence electrons. The SMILES string of the molecule is C\C=C/C(=C\C=C\C(C)C)N(c1ccc(C(C)(C)C)cc1)c1cc2c3c(c1)N(c1ccc(C)cc1)c1sc4ccccc4c1B3c1cc3c(cc1N2c1ccc(C)cc1)N(c1ccc(C)cc1)c1cc(N(c2ccc(C(C)(C)C)cc2)c2ccc(C(C)(C)C)cc2)cc2c1B3c1sc3ccccc3c1N2c1ccc(C)cc1. The predicted molar refractivity (Wildman–Crippen MR) is 490 cm³/mol. The number of rotatable bonds is 13. The van der Waals surface area contributed by atoms with Crippen LogP contribution in [0.4, 0.5) is 96.0 Å². The summed E-state index contributed by atoms with van der Waals surface area (Å²) < 4.78 is 3.86. The summed E-state index contributed by atoms with van der Waals surface area (Å²) >= 11 is 3.88. The van der Waals surface area contributed by atoms with Crippen LogP contribution in [0.1, 0.15) is 122 Å². The van der Waals surface area contributed by atoms with E-state index in [0.29, 0.717) is 5.92 Å². The van der Waals surface area contributed by atoms with E-state index in [4.69, 9.17) is 0 Å². The molecule has 14 aromatic rings. The van der Waals surface area contributed by atoms with E-state index in [0.717, 1.165) is 91.0 Å². The Hall–Kier alpha value is -11.3. The lowest BCUT2D eigenvalue weighted by Gasteiger charge is -2.47. The fraction of sp³-hybridized carbons (Fsp3) is 0.196. The molecule has 0 radical (unpaired) electrons. The molecule has 4 aliphatic heterocycles. The van der Waals surface area contributed by atoms with Gasteiger partial charge in [-0.2, -0.15) is 0 Å². The molecule has 12 aromatic carbocycles. The van der Waals surface area contributed by atoms with Gasteiger partial charge in [0, 0.05) is 99.2 Å². The number of thiophene rings is 2. The van der Waals surface area contributed by atoms with E-state index in [9.17, 15) is 0 Å². The van der Waals surface area contributed by atoms with Gasteiger partial charge in [-0.25, -0.2) is 0 Å². The van der Waals surface area contributed by atoms with Crippen LogP contribution in [-0.2, 0) is 16.2 Å². The van der Waals surface area contributed by atoms with Gasteiger partial charge in [0.15, 0.2) is 0 Å². The molecule has 0 unspecified atom stereocenters. The van der Waals surface area contributed by atoms with E-state index in [1.807, 2.05) is 22.7 Å². The third-order valence-corrected chi connectivity index (χ3v) is 25.7. The number of allylic oxidation sites excluding steroid dienone is 5. The van der Waals surface area contributed by atoms with E-state index in [1.165, 1.54) is 102 Å². The molecule has 10 heteroatoms. The second kappa shape index (κ2) is 27.6. The lowest BCUT2D eigenvalue weighted by molar-refractivity contribution is 0.590. The van der Waals surface area contributed by atoms with Crippen LogP contribution in [0.5, 0.6) is 0 Å². The highest BCUT2D eigenvalue weighted by atomic mass is 32.1. The molecular weight excluding hydrogens is 1390 g/mol. The van der Waals surface area contributed by atoms with Crippen molar-refractivity contribution >= 4 is 184 Å². The van der Waals surface area contributed by atoms with Crippen LogP contribution >= 0.6 is 22.7 Å². The number of nitrogens with zero attached hydrogens (tertiary/aromatic N) is 6. The highest BCUT2D eigenvalue weighted by Crippen LogP contribution is 2.55. The second-order valence-corrected chi connectivity index (χ2v) is 36.8. The third-order valence-electron chi connectivity index (χ3n) is 23.3.